The molecular formula is C23H31N3O3S. The second-order valence-corrected chi connectivity index (χ2v) is 9.62. The van der Waals surface area contributed by atoms with Crippen LogP contribution in [0.2, 0.25) is 0 Å². The molecule has 1 amide bonds. The number of sulfonamides is 1. The molecule has 30 heavy (non-hydrogen) atoms. The minimum atomic E-state index is -3.59. The van der Waals surface area contributed by atoms with Crippen LogP contribution in [0.5, 0.6) is 0 Å². The Bertz CT molecular complexity index is 959. The Morgan fingerprint density at radius 1 is 1.03 bits per heavy atom. The molecule has 0 unspecified atom stereocenters. The number of rotatable bonds is 7. The first kappa shape index (κ1) is 22.5. The van der Waals surface area contributed by atoms with Crippen molar-refractivity contribution < 1.29 is 13.2 Å². The smallest absolute Gasteiger partial charge is 0.254 e. The molecule has 0 aliphatic carbocycles. The Labute approximate surface area is 180 Å². The van der Waals surface area contributed by atoms with Crippen molar-refractivity contribution in [1.29, 1.82) is 0 Å². The fraction of sp³-hybridized carbons (Fsp3) is 0.435. The number of hydrogen-bond donors (Lipinski definition) is 0. The summed E-state index contributed by atoms with van der Waals surface area (Å²) in [6.07, 6.45) is 0. The van der Waals surface area contributed by atoms with Crippen molar-refractivity contribution in [2.24, 2.45) is 0 Å². The van der Waals surface area contributed by atoms with Gasteiger partial charge < -0.3 is 4.90 Å². The first-order valence-electron chi connectivity index (χ1n) is 10.5. The van der Waals surface area contributed by atoms with Gasteiger partial charge >= 0.3 is 0 Å². The lowest BCUT2D eigenvalue weighted by Crippen LogP contribution is -2.53. The van der Waals surface area contributed by atoms with E-state index in [9.17, 15) is 13.2 Å². The van der Waals surface area contributed by atoms with Crippen LogP contribution in [0.1, 0.15) is 36.7 Å². The second kappa shape index (κ2) is 9.73. The number of carbonyl (C=O) groups is 1. The van der Waals surface area contributed by atoms with Gasteiger partial charge in [-0.1, -0.05) is 50.2 Å². The molecule has 0 radical (unpaired) electrons. The van der Waals surface area contributed by atoms with E-state index in [4.69, 9.17) is 0 Å². The second-order valence-electron chi connectivity index (χ2n) is 7.69. The highest BCUT2D eigenvalue weighted by molar-refractivity contribution is 7.89. The van der Waals surface area contributed by atoms with Crippen LogP contribution in [0.3, 0.4) is 0 Å². The molecule has 2 aromatic rings. The summed E-state index contributed by atoms with van der Waals surface area (Å²) >= 11 is 0. The van der Waals surface area contributed by atoms with Gasteiger partial charge in [-0.2, -0.15) is 4.31 Å². The highest BCUT2D eigenvalue weighted by atomic mass is 32.2. The maximum Gasteiger partial charge on any atom is 0.254 e. The van der Waals surface area contributed by atoms with Crippen molar-refractivity contribution in [3.05, 3.63) is 65.7 Å². The van der Waals surface area contributed by atoms with E-state index in [1.165, 1.54) is 15.9 Å². The van der Waals surface area contributed by atoms with Crippen molar-refractivity contribution in [2.45, 2.75) is 38.3 Å². The summed E-state index contributed by atoms with van der Waals surface area (Å²) in [4.78, 5) is 17.5. The zero-order valence-electron chi connectivity index (χ0n) is 18.0. The molecule has 1 saturated heterocycles. The Kier molecular flexibility index (Phi) is 7.28. The van der Waals surface area contributed by atoms with Gasteiger partial charge in [-0.15, -0.1) is 0 Å². The summed E-state index contributed by atoms with van der Waals surface area (Å²) in [5.41, 5.74) is 1.69. The van der Waals surface area contributed by atoms with Crippen LogP contribution in [0.15, 0.2) is 59.5 Å². The van der Waals surface area contributed by atoms with Gasteiger partial charge in [0, 0.05) is 50.9 Å². The molecule has 3 rings (SSSR count). The minimum absolute atomic E-state index is 0.0537. The summed E-state index contributed by atoms with van der Waals surface area (Å²) in [7, 11) is -3.59. The molecule has 1 fully saturated rings. The largest absolute Gasteiger partial charge is 0.333 e. The Hall–Kier alpha value is -2.22. The van der Waals surface area contributed by atoms with Crippen LogP contribution >= 0.6 is 0 Å². The lowest BCUT2D eigenvalue weighted by atomic mass is 10.1. The van der Waals surface area contributed by atoms with Crippen LogP contribution in [-0.2, 0) is 16.6 Å². The van der Waals surface area contributed by atoms with Gasteiger partial charge in [0.25, 0.3) is 5.91 Å². The predicted molar refractivity (Wildman–Crippen MR) is 119 cm³/mol. The maximum absolute atomic E-state index is 13.2. The average Bonchev–Trinajstić information content (AvgIpc) is 2.75. The molecule has 0 aromatic heterocycles. The van der Waals surface area contributed by atoms with Gasteiger partial charge in [-0.3, -0.25) is 9.69 Å². The summed E-state index contributed by atoms with van der Waals surface area (Å²) in [6.45, 7) is 9.55. The van der Waals surface area contributed by atoms with E-state index in [1.54, 1.807) is 18.2 Å². The number of benzene rings is 2. The van der Waals surface area contributed by atoms with Crippen molar-refractivity contribution in [3.8, 4) is 0 Å². The SMILES string of the molecule is CCN(CC)S(=O)(=O)c1cccc(C(=O)N2CCN(Cc3ccccc3)C[C@H]2C)c1. The van der Waals surface area contributed by atoms with Crippen molar-refractivity contribution in [1.82, 2.24) is 14.1 Å². The third-order valence-corrected chi connectivity index (χ3v) is 7.69. The number of hydrogen-bond acceptors (Lipinski definition) is 4. The van der Waals surface area contributed by atoms with Crippen molar-refractivity contribution in [3.63, 3.8) is 0 Å². The Morgan fingerprint density at radius 3 is 2.37 bits per heavy atom. The van der Waals surface area contributed by atoms with E-state index >= 15 is 0 Å². The van der Waals surface area contributed by atoms with Gasteiger partial charge in [0.1, 0.15) is 0 Å². The number of nitrogens with zero attached hydrogens (tertiary/aromatic N) is 3. The topological polar surface area (TPSA) is 60.9 Å². The molecule has 1 aliphatic rings. The van der Waals surface area contributed by atoms with Crippen LogP contribution in [0, 0.1) is 0 Å². The van der Waals surface area contributed by atoms with Gasteiger partial charge in [0.2, 0.25) is 10.0 Å². The molecule has 1 heterocycles. The van der Waals surface area contributed by atoms with Gasteiger partial charge in [0.05, 0.1) is 4.90 Å². The highest BCUT2D eigenvalue weighted by Crippen LogP contribution is 2.20. The normalized spacial score (nSPS) is 18.0. The fourth-order valence-electron chi connectivity index (χ4n) is 3.99. The monoisotopic (exact) mass is 429 g/mol. The molecule has 1 atom stereocenters. The van der Waals surface area contributed by atoms with Crippen LogP contribution in [0.25, 0.3) is 0 Å². The number of piperazine rings is 1. The Balaban J connectivity index is 1.71. The fourth-order valence-corrected chi connectivity index (χ4v) is 5.49. The molecule has 2 aromatic carbocycles. The van der Waals surface area contributed by atoms with Gasteiger partial charge in [-0.05, 0) is 30.7 Å². The maximum atomic E-state index is 13.2. The lowest BCUT2D eigenvalue weighted by Gasteiger charge is -2.40. The minimum Gasteiger partial charge on any atom is -0.333 e. The standard InChI is InChI=1S/C23H31N3O3S/c1-4-25(5-2)30(28,29)22-13-9-12-21(16-22)23(27)26-15-14-24(17-19(26)3)18-20-10-7-6-8-11-20/h6-13,16,19H,4-5,14-15,17-18H2,1-3H3/t19-/m1/s1. The van der Waals surface area contributed by atoms with Gasteiger partial charge in [-0.25, -0.2) is 8.42 Å². The highest BCUT2D eigenvalue weighted by Gasteiger charge is 2.29. The molecular weight excluding hydrogens is 398 g/mol. The predicted octanol–water partition coefficient (Wildman–Crippen LogP) is 3.06. The summed E-state index contributed by atoms with van der Waals surface area (Å²) in [6, 6.07) is 16.8. The zero-order valence-corrected chi connectivity index (χ0v) is 18.8. The third kappa shape index (κ3) is 4.91. The number of carbonyl (C=O) groups excluding carboxylic acids is 1. The van der Waals surface area contributed by atoms with E-state index in [1.807, 2.05) is 43.9 Å². The quantitative estimate of drug-likeness (QED) is 0.679. The van der Waals surface area contributed by atoms with Gasteiger partial charge in [0.15, 0.2) is 0 Å². The molecule has 6 nitrogen and oxygen atoms in total. The average molecular weight is 430 g/mol. The Morgan fingerprint density at radius 2 is 1.73 bits per heavy atom. The summed E-state index contributed by atoms with van der Waals surface area (Å²) in [5.74, 6) is -0.113. The molecule has 0 spiro atoms. The first-order chi connectivity index (χ1) is 14.4. The van der Waals surface area contributed by atoms with Crippen LogP contribution in [-0.4, -0.2) is 67.2 Å². The van der Waals surface area contributed by atoms with E-state index in [-0.39, 0.29) is 16.8 Å². The van der Waals surface area contributed by atoms with E-state index < -0.39 is 10.0 Å². The lowest BCUT2D eigenvalue weighted by molar-refractivity contribution is 0.0475. The summed E-state index contributed by atoms with van der Waals surface area (Å²) < 4.78 is 27.0. The molecule has 1 aliphatic heterocycles. The number of amides is 1. The zero-order chi connectivity index (χ0) is 21.7. The van der Waals surface area contributed by atoms with E-state index in [0.29, 0.717) is 25.2 Å². The third-order valence-electron chi connectivity index (χ3n) is 5.65. The molecule has 0 saturated carbocycles. The molecule has 0 N–H and O–H groups in total. The van der Waals surface area contributed by atoms with Crippen molar-refractivity contribution in [2.75, 3.05) is 32.7 Å². The van der Waals surface area contributed by atoms with E-state index in [0.717, 1.165) is 19.6 Å². The van der Waals surface area contributed by atoms with Crippen LogP contribution < -0.4 is 0 Å². The molecule has 162 valence electrons. The van der Waals surface area contributed by atoms with E-state index in [2.05, 4.69) is 17.0 Å². The summed E-state index contributed by atoms with van der Waals surface area (Å²) in [5, 5.41) is 0. The molecule has 0 bridgehead atoms. The molecule has 7 heteroatoms. The van der Waals surface area contributed by atoms with Crippen molar-refractivity contribution >= 4 is 15.9 Å². The first-order valence-corrected chi connectivity index (χ1v) is 12.0. The van der Waals surface area contributed by atoms with Crippen LogP contribution in [0.4, 0.5) is 0 Å².